The Morgan fingerprint density at radius 2 is 1.79 bits per heavy atom. The summed E-state index contributed by atoms with van der Waals surface area (Å²) in [5.74, 6) is -1.98. The van der Waals surface area contributed by atoms with Gasteiger partial charge in [-0.3, -0.25) is 4.79 Å². The maximum absolute atomic E-state index is 14.5. The number of nitrogens with one attached hydrogen (secondary N) is 1. The lowest BCUT2D eigenvalue weighted by molar-refractivity contribution is -0.137. The first kappa shape index (κ1) is 22.4. The number of alkyl halides is 3. The monoisotopic (exact) mass is 459 g/mol. The molecule has 0 fully saturated rings. The first-order valence-corrected chi connectivity index (χ1v) is 10.1. The molecule has 2 heterocycles. The molecule has 4 nitrogen and oxygen atoms in total. The third-order valence-electron chi connectivity index (χ3n) is 5.22. The summed E-state index contributed by atoms with van der Waals surface area (Å²) in [6.45, 7) is 1.84. The van der Waals surface area contributed by atoms with E-state index in [9.17, 15) is 26.7 Å². The number of allylic oxidation sites excluding steroid dienone is 3. The first-order valence-electron chi connectivity index (χ1n) is 10.1. The number of rotatable bonds is 3. The van der Waals surface area contributed by atoms with Crippen molar-refractivity contribution in [1.82, 2.24) is 10.3 Å². The van der Waals surface area contributed by atoms with Crippen LogP contribution in [0.4, 0.5) is 22.0 Å². The van der Waals surface area contributed by atoms with E-state index in [1.165, 1.54) is 29.3 Å². The van der Waals surface area contributed by atoms with Gasteiger partial charge in [0.05, 0.1) is 11.3 Å². The minimum atomic E-state index is -4.48. The first-order chi connectivity index (χ1) is 15.7. The van der Waals surface area contributed by atoms with Crippen LogP contribution in [0.5, 0.6) is 0 Å². The van der Waals surface area contributed by atoms with E-state index in [4.69, 9.17) is 0 Å². The summed E-state index contributed by atoms with van der Waals surface area (Å²) in [6, 6.07) is 7.58. The fourth-order valence-electron chi connectivity index (χ4n) is 3.49. The highest BCUT2D eigenvalue weighted by Crippen LogP contribution is 2.31. The van der Waals surface area contributed by atoms with E-state index in [-0.39, 0.29) is 5.56 Å². The van der Waals surface area contributed by atoms with Crippen molar-refractivity contribution in [3.8, 4) is 0 Å². The largest absolute Gasteiger partial charge is 0.416 e. The third-order valence-corrected chi connectivity index (χ3v) is 5.22. The fourth-order valence-corrected chi connectivity index (χ4v) is 3.49. The SMILES string of the molecule is CCC1=N/N2C(=O)C=C(c3ccc(C(F)(F)F)cc3)NC2/C=C(c2ccc(F)cc2F)/C=C\1. The van der Waals surface area contributed by atoms with Gasteiger partial charge in [0.2, 0.25) is 0 Å². The Hall–Kier alpha value is -3.75. The Morgan fingerprint density at radius 1 is 1.06 bits per heavy atom. The average molecular weight is 459 g/mol. The molecular weight excluding hydrogens is 441 g/mol. The van der Waals surface area contributed by atoms with Crippen LogP contribution in [0.2, 0.25) is 0 Å². The molecule has 2 aliphatic heterocycles. The van der Waals surface area contributed by atoms with Crippen molar-refractivity contribution < 1.29 is 26.7 Å². The van der Waals surface area contributed by atoms with E-state index in [0.717, 1.165) is 24.3 Å². The van der Waals surface area contributed by atoms with Gasteiger partial charge in [0.15, 0.2) is 0 Å². The molecule has 0 aromatic heterocycles. The Morgan fingerprint density at radius 3 is 2.42 bits per heavy atom. The van der Waals surface area contributed by atoms with Crippen LogP contribution in [0.15, 0.2) is 71.9 Å². The van der Waals surface area contributed by atoms with E-state index in [1.807, 2.05) is 6.92 Å². The summed E-state index contributed by atoms with van der Waals surface area (Å²) in [5, 5.41) is 8.61. The van der Waals surface area contributed by atoms with Crippen molar-refractivity contribution in [3.63, 3.8) is 0 Å². The molecule has 2 aromatic rings. The van der Waals surface area contributed by atoms with Crippen LogP contribution in [0.1, 0.15) is 30.0 Å². The Balaban J connectivity index is 1.75. The Bertz CT molecular complexity index is 1210. The molecule has 170 valence electrons. The maximum atomic E-state index is 14.5. The molecule has 9 heteroatoms. The van der Waals surface area contributed by atoms with Crippen LogP contribution in [0, 0.1) is 11.6 Å². The van der Waals surface area contributed by atoms with Gasteiger partial charge in [-0.25, -0.2) is 13.8 Å². The quantitative estimate of drug-likeness (QED) is 0.616. The molecule has 1 atom stereocenters. The molecule has 0 spiro atoms. The van der Waals surface area contributed by atoms with Gasteiger partial charge in [-0.2, -0.15) is 18.3 Å². The highest BCUT2D eigenvalue weighted by Gasteiger charge is 2.32. The van der Waals surface area contributed by atoms with Gasteiger partial charge in [-0.15, -0.1) is 0 Å². The van der Waals surface area contributed by atoms with Crippen molar-refractivity contribution in [2.45, 2.75) is 25.7 Å². The molecular formula is C24H18F5N3O. The summed E-state index contributed by atoms with van der Waals surface area (Å²) in [7, 11) is 0. The summed E-state index contributed by atoms with van der Waals surface area (Å²) >= 11 is 0. The van der Waals surface area contributed by atoms with E-state index in [0.29, 0.717) is 29.0 Å². The maximum Gasteiger partial charge on any atom is 0.416 e. The highest BCUT2D eigenvalue weighted by molar-refractivity contribution is 6.01. The second-order valence-electron chi connectivity index (χ2n) is 7.43. The van der Waals surface area contributed by atoms with Crippen LogP contribution >= 0.6 is 0 Å². The van der Waals surface area contributed by atoms with Gasteiger partial charge in [-0.05, 0) is 54.0 Å². The zero-order chi connectivity index (χ0) is 23.8. The molecule has 0 bridgehead atoms. The number of benzene rings is 2. The lowest BCUT2D eigenvalue weighted by Gasteiger charge is -2.33. The lowest BCUT2D eigenvalue weighted by atomic mass is 10.0. The van der Waals surface area contributed by atoms with Crippen molar-refractivity contribution in [1.29, 1.82) is 0 Å². The average Bonchev–Trinajstić information content (AvgIpc) is 2.75. The molecule has 1 unspecified atom stereocenters. The molecule has 0 saturated carbocycles. The summed E-state index contributed by atoms with van der Waals surface area (Å²) in [6.07, 6.45) is 1.22. The molecule has 4 rings (SSSR count). The number of hydrogen-bond donors (Lipinski definition) is 1. The van der Waals surface area contributed by atoms with Crippen LogP contribution < -0.4 is 5.32 Å². The molecule has 2 aromatic carbocycles. The topological polar surface area (TPSA) is 44.7 Å². The van der Waals surface area contributed by atoms with E-state index >= 15 is 0 Å². The number of fused-ring (bicyclic) bond motifs is 1. The van der Waals surface area contributed by atoms with Gasteiger partial charge in [0, 0.05) is 23.4 Å². The second-order valence-corrected chi connectivity index (χ2v) is 7.43. The van der Waals surface area contributed by atoms with Crippen molar-refractivity contribution in [2.24, 2.45) is 5.10 Å². The fraction of sp³-hybridized carbons (Fsp3) is 0.167. The lowest BCUT2D eigenvalue weighted by Crippen LogP contribution is -2.48. The van der Waals surface area contributed by atoms with Crippen molar-refractivity contribution in [2.75, 3.05) is 0 Å². The Labute approximate surface area is 186 Å². The predicted molar refractivity (Wildman–Crippen MR) is 114 cm³/mol. The number of carbonyl (C=O) groups is 1. The van der Waals surface area contributed by atoms with Gasteiger partial charge < -0.3 is 5.32 Å². The number of nitrogens with zero attached hydrogens (tertiary/aromatic N) is 2. The van der Waals surface area contributed by atoms with E-state index in [1.54, 1.807) is 18.2 Å². The highest BCUT2D eigenvalue weighted by atomic mass is 19.4. The molecule has 0 saturated heterocycles. The zero-order valence-electron chi connectivity index (χ0n) is 17.3. The van der Waals surface area contributed by atoms with Gasteiger partial charge in [0.1, 0.15) is 17.8 Å². The van der Waals surface area contributed by atoms with Crippen molar-refractivity contribution in [3.05, 3.63) is 95.1 Å². The number of hydrazone groups is 1. The zero-order valence-corrected chi connectivity index (χ0v) is 17.3. The summed E-state index contributed by atoms with van der Waals surface area (Å²) in [4.78, 5) is 12.9. The number of carbonyl (C=O) groups excluding carboxylic acids is 1. The minimum Gasteiger partial charge on any atom is -0.360 e. The van der Waals surface area contributed by atoms with E-state index < -0.39 is 35.4 Å². The molecule has 0 radical (unpaired) electrons. The van der Waals surface area contributed by atoms with Gasteiger partial charge in [0.25, 0.3) is 5.91 Å². The summed E-state index contributed by atoms with van der Waals surface area (Å²) < 4.78 is 66.5. The normalized spacial score (nSPS) is 22.6. The number of amides is 1. The van der Waals surface area contributed by atoms with E-state index in [2.05, 4.69) is 10.4 Å². The van der Waals surface area contributed by atoms with Crippen LogP contribution in [-0.2, 0) is 11.0 Å². The molecule has 2 aliphatic rings. The Kier molecular flexibility index (Phi) is 5.88. The van der Waals surface area contributed by atoms with Crippen LogP contribution in [-0.4, -0.2) is 22.8 Å². The van der Waals surface area contributed by atoms with Crippen molar-refractivity contribution >= 4 is 22.9 Å². The van der Waals surface area contributed by atoms with Crippen LogP contribution in [0.25, 0.3) is 11.3 Å². The second kappa shape index (κ2) is 8.65. The predicted octanol–water partition coefficient (Wildman–Crippen LogP) is 5.50. The van der Waals surface area contributed by atoms with Gasteiger partial charge in [-0.1, -0.05) is 25.1 Å². The molecule has 1 amide bonds. The smallest absolute Gasteiger partial charge is 0.360 e. The van der Waals surface area contributed by atoms with Gasteiger partial charge >= 0.3 is 6.18 Å². The molecule has 1 N–H and O–H groups in total. The number of hydrogen-bond acceptors (Lipinski definition) is 3. The molecule has 0 aliphatic carbocycles. The third kappa shape index (κ3) is 4.72. The molecule has 33 heavy (non-hydrogen) atoms. The standard InChI is InChI=1S/C24H18F5N3O/c1-2-18-9-5-15(19-10-8-17(25)12-20(19)26)11-22-30-21(13-23(33)32(22)31-18)14-3-6-16(7-4-14)24(27,28)29/h3-13,22,30H,2H2,1H3/b9-5-,15-11-,31-18-. The minimum absolute atomic E-state index is 0.129. The summed E-state index contributed by atoms with van der Waals surface area (Å²) in [5.41, 5.74) is 0.925. The number of halogens is 5. The van der Waals surface area contributed by atoms with Crippen LogP contribution in [0.3, 0.4) is 0 Å².